The largest absolute Gasteiger partial charge is 0.339 e. The molecule has 7 heteroatoms. The number of piperazine rings is 1. The number of hydrogen-bond donors (Lipinski definition) is 1. The van der Waals surface area contributed by atoms with Gasteiger partial charge in [-0.1, -0.05) is 29.8 Å². The van der Waals surface area contributed by atoms with E-state index >= 15 is 0 Å². The van der Waals surface area contributed by atoms with Crippen LogP contribution >= 0.6 is 11.6 Å². The van der Waals surface area contributed by atoms with Crippen LogP contribution < -0.4 is 5.32 Å². The number of benzene rings is 2. The van der Waals surface area contributed by atoms with Crippen LogP contribution in [0.1, 0.15) is 28.3 Å². The molecule has 3 amide bonds. The minimum atomic E-state index is -0.469. The average Bonchev–Trinajstić information content (AvgIpc) is 2.73. The molecule has 0 spiro atoms. The molecule has 0 bridgehead atoms. The van der Waals surface area contributed by atoms with Crippen molar-refractivity contribution in [2.75, 3.05) is 31.5 Å². The molecule has 2 aromatic carbocycles. The second-order valence-corrected chi connectivity index (χ2v) is 7.45. The van der Waals surface area contributed by atoms with E-state index in [1.807, 2.05) is 24.3 Å². The quantitative estimate of drug-likeness (QED) is 0.847. The van der Waals surface area contributed by atoms with Crippen LogP contribution in [0.5, 0.6) is 0 Å². The van der Waals surface area contributed by atoms with Gasteiger partial charge >= 0.3 is 0 Å². The number of hydrogen-bond acceptors (Lipinski definition) is 3. The van der Waals surface area contributed by atoms with E-state index in [0.717, 1.165) is 5.56 Å². The van der Waals surface area contributed by atoms with Gasteiger partial charge in [0.25, 0.3) is 5.91 Å². The SMILES string of the molecule is O=C1CC(C(=O)N2CCN(C(=O)c3ccc(Cl)cc3)CC2)c2ccccc2N1. The van der Waals surface area contributed by atoms with Gasteiger partial charge in [0.15, 0.2) is 0 Å². The Bertz CT molecular complexity index is 921. The van der Waals surface area contributed by atoms with Gasteiger partial charge in [-0.05, 0) is 35.9 Å². The van der Waals surface area contributed by atoms with Crippen molar-refractivity contribution in [3.8, 4) is 0 Å². The van der Waals surface area contributed by atoms with E-state index in [2.05, 4.69) is 5.32 Å². The highest BCUT2D eigenvalue weighted by atomic mass is 35.5. The fraction of sp³-hybridized carbons (Fsp3) is 0.286. The van der Waals surface area contributed by atoms with E-state index in [-0.39, 0.29) is 24.1 Å². The molecule has 0 radical (unpaired) electrons. The molecule has 4 rings (SSSR count). The molecule has 2 aromatic rings. The van der Waals surface area contributed by atoms with E-state index in [1.165, 1.54) is 0 Å². The third-order valence-corrected chi connectivity index (χ3v) is 5.52. The van der Waals surface area contributed by atoms with Crippen molar-refractivity contribution in [1.82, 2.24) is 9.80 Å². The molecule has 1 fully saturated rings. The molecule has 0 aromatic heterocycles. The van der Waals surface area contributed by atoms with E-state index in [0.29, 0.717) is 42.5 Å². The number of carbonyl (C=O) groups excluding carboxylic acids is 3. The van der Waals surface area contributed by atoms with Crippen LogP contribution in [-0.4, -0.2) is 53.7 Å². The molecule has 2 heterocycles. The van der Waals surface area contributed by atoms with Crippen LogP contribution in [0, 0.1) is 0 Å². The maximum absolute atomic E-state index is 13.1. The van der Waals surface area contributed by atoms with Crippen molar-refractivity contribution in [2.45, 2.75) is 12.3 Å². The third kappa shape index (κ3) is 3.60. The number of halogens is 1. The van der Waals surface area contributed by atoms with Crippen molar-refractivity contribution >= 4 is 35.0 Å². The molecule has 0 saturated carbocycles. The molecule has 1 N–H and O–H groups in total. The summed E-state index contributed by atoms with van der Waals surface area (Å²) in [5, 5.41) is 3.41. The third-order valence-electron chi connectivity index (χ3n) is 5.27. The summed E-state index contributed by atoms with van der Waals surface area (Å²) in [6.45, 7) is 1.85. The fourth-order valence-electron chi connectivity index (χ4n) is 3.76. The molecule has 1 atom stereocenters. The zero-order valence-electron chi connectivity index (χ0n) is 15.2. The van der Waals surface area contributed by atoms with E-state index in [9.17, 15) is 14.4 Å². The first-order chi connectivity index (χ1) is 13.5. The average molecular weight is 398 g/mol. The minimum absolute atomic E-state index is 0.0547. The first-order valence-corrected chi connectivity index (χ1v) is 9.63. The van der Waals surface area contributed by atoms with Crippen LogP contribution in [-0.2, 0) is 9.59 Å². The molecule has 2 aliphatic rings. The second kappa shape index (κ2) is 7.64. The molecule has 1 unspecified atom stereocenters. The summed E-state index contributed by atoms with van der Waals surface area (Å²) in [5.41, 5.74) is 2.14. The normalized spacial score (nSPS) is 19.0. The van der Waals surface area contributed by atoms with E-state index < -0.39 is 5.92 Å². The van der Waals surface area contributed by atoms with Crippen molar-refractivity contribution in [2.24, 2.45) is 0 Å². The maximum Gasteiger partial charge on any atom is 0.253 e. The zero-order chi connectivity index (χ0) is 19.7. The number of carbonyl (C=O) groups is 3. The Morgan fingerprint density at radius 2 is 1.57 bits per heavy atom. The Morgan fingerprint density at radius 1 is 0.929 bits per heavy atom. The molecule has 144 valence electrons. The van der Waals surface area contributed by atoms with Crippen molar-refractivity contribution in [3.63, 3.8) is 0 Å². The summed E-state index contributed by atoms with van der Waals surface area (Å²) in [4.78, 5) is 41.2. The molecule has 1 saturated heterocycles. The second-order valence-electron chi connectivity index (χ2n) is 7.02. The van der Waals surface area contributed by atoms with Gasteiger partial charge in [-0.15, -0.1) is 0 Å². The number of para-hydroxylation sites is 1. The summed E-state index contributed by atoms with van der Waals surface area (Å²) in [6, 6.07) is 14.2. The first kappa shape index (κ1) is 18.5. The summed E-state index contributed by atoms with van der Waals surface area (Å²) in [5.74, 6) is -0.732. The molecular formula is C21H20ClN3O3. The van der Waals surface area contributed by atoms with Gasteiger partial charge in [-0.3, -0.25) is 14.4 Å². The highest BCUT2D eigenvalue weighted by molar-refractivity contribution is 6.30. The monoisotopic (exact) mass is 397 g/mol. The number of rotatable bonds is 2. The van der Waals surface area contributed by atoms with Gasteiger partial charge in [0.05, 0.1) is 5.92 Å². The van der Waals surface area contributed by atoms with Crippen molar-refractivity contribution < 1.29 is 14.4 Å². The number of fused-ring (bicyclic) bond motifs is 1. The van der Waals surface area contributed by atoms with Gasteiger partial charge in [-0.25, -0.2) is 0 Å². The zero-order valence-corrected chi connectivity index (χ0v) is 16.0. The Morgan fingerprint density at radius 3 is 2.29 bits per heavy atom. The van der Waals surface area contributed by atoms with E-state index in [4.69, 9.17) is 11.6 Å². The number of anilines is 1. The van der Waals surface area contributed by atoms with Crippen LogP contribution in [0.3, 0.4) is 0 Å². The lowest BCUT2D eigenvalue weighted by molar-refractivity contribution is -0.136. The lowest BCUT2D eigenvalue weighted by Gasteiger charge is -2.37. The summed E-state index contributed by atoms with van der Waals surface area (Å²) in [6.07, 6.45) is 0.153. The van der Waals surface area contributed by atoms with Gasteiger partial charge < -0.3 is 15.1 Å². The van der Waals surface area contributed by atoms with Gasteiger partial charge in [-0.2, -0.15) is 0 Å². The van der Waals surface area contributed by atoms with Crippen molar-refractivity contribution in [3.05, 3.63) is 64.7 Å². The van der Waals surface area contributed by atoms with Crippen LogP contribution in [0.4, 0.5) is 5.69 Å². The van der Waals surface area contributed by atoms with Gasteiger partial charge in [0, 0.05) is 48.9 Å². The number of amides is 3. The van der Waals surface area contributed by atoms with Crippen LogP contribution in [0.25, 0.3) is 0 Å². The lowest BCUT2D eigenvalue weighted by atomic mass is 9.89. The Labute approximate surface area is 168 Å². The molecular weight excluding hydrogens is 378 g/mol. The molecule has 28 heavy (non-hydrogen) atoms. The van der Waals surface area contributed by atoms with Gasteiger partial charge in [0.1, 0.15) is 0 Å². The van der Waals surface area contributed by atoms with Crippen LogP contribution in [0.2, 0.25) is 5.02 Å². The first-order valence-electron chi connectivity index (χ1n) is 9.25. The Balaban J connectivity index is 1.43. The molecule has 6 nitrogen and oxygen atoms in total. The number of nitrogens with zero attached hydrogens (tertiary/aromatic N) is 2. The van der Waals surface area contributed by atoms with E-state index in [1.54, 1.807) is 34.1 Å². The summed E-state index contributed by atoms with van der Waals surface area (Å²) < 4.78 is 0. The highest BCUT2D eigenvalue weighted by Crippen LogP contribution is 2.33. The summed E-state index contributed by atoms with van der Waals surface area (Å²) in [7, 11) is 0. The minimum Gasteiger partial charge on any atom is -0.339 e. The highest BCUT2D eigenvalue weighted by Gasteiger charge is 2.35. The lowest BCUT2D eigenvalue weighted by Crippen LogP contribution is -2.52. The topological polar surface area (TPSA) is 69.7 Å². The summed E-state index contributed by atoms with van der Waals surface area (Å²) >= 11 is 5.88. The smallest absolute Gasteiger partial charge is 0.253 e. The molecule has 2 aliphatic heterocycles. The van der Waals surface area contributed by atoms with Crippen LogP contribution in [0.15, 0.2) is 48.5 Å². The van der Waals surface area contributed by atoms with Gasteiger partial charge in [0.2, 0.25) is 11.8 Å². The molecule has 0 aliphatic carbocycles. The van der Waals surface area contributed by atoms with Crippen molar-refractivity contribution in [1.29, 1.82) is 0 Å². The maximum atomic E-state index is 13.1. The fourth-order valence-corrected chi connectivity index (χ4v) is 3.88. The Kier molecular flexibility index (Phi) is 5.05. The predicted octanol–water partition coefficient (Wildman–Crippen LogP) is 2.75. The Hall–Kier alpha value is -2.86. The predicted molar refractivity (Wildman–Crippen MR) is 106 cm³/mol. The standard InChI is InChI=1S/C21H20ClN3O3/c22-15-7-5-14(6-8-15)20(27)24-9-11-25(12-10-24)21(28)17-13-19(26)23-18-4-2-1-3-16(17)18/h1-8,17H,9-13H2,(H,23,26). The number of nitrogens with one attached hydrogen (secondary N) is 1.